The lowest BCUT2D eigenvalue weighted by molar-refractivity contribution is -0.130. The van der Waals surface area contributed by atoms with Crippen molar-refractivity contribution in [1.29, 1.82) is 0 Å². The summed E-state index contributed by atoms with van der Waals surface area (Å²) in [6.07, 6.45) is 1.84. The standard InChI is InChI=1S/C20H24N6O/c1-14-6-4-5-7-18(14)24-8-10-25(11-9-24)19(27)12-17-15(2)23-20-21-13-22-26(20)16(17)3/h4-7,13H,8-12H2,1-3H3. The smallest absolute Gasteiger partial charge is 0.252 e. The van der Waals surface area contributed by atoms with Crippen molar-refractivity contribution in [3.63, 3.8) is 0 Å². The summed E-state index contributed by atoms with van der Waals surface area (Å²) in [6, 6.07) is 8.41. The van der Waals surface area contributed by atoms with E-state index in [9.17, 15) is 4.79 Å². The van der Waals surface area contributed by atoms with Gasteiger partial charge in [0.2, 0.25) is 5.91 Å². The number of rotatable bonds is 3. The second kappa shape index (κ2) is 6.98. The lowest BCUT2D eigenvalue weighted by Gasteiger charge is -2.37. The molecule has 0 spiro atoms. The third-order valence-electron chi connectivity index (χ3n) is 5.41. The molecule has 1 saturated heterocycles. The van der Waals surface area contributed by atoms with Crippen LogP contribution < -0.4 is 4.90 Å². The number of piperazine rings is 1. The van der Waals surface area contributed by atoms with Crippen molar-refractivity contribution in [2.24, 2.45) is 0 Å². The van der Waals surface area contributed by atoms with Crippen molar-refractivity contribution in [3.8, 4) is 0 Å². The maximum Gasteiger partial charge on any atom is 0.252 e. The summed E-state index contributed by atoms with van der Waals surface area (Å²) in [6.45, 7) is 9.22. The Kier molecular flexibility index (Phi) is 4.51. The summed E-state index contributed by atoms with van der Waals surface area (Å²) in [7, 11) is 0. The van der Waals surface area contributed by atoms with Gasteiger partial charge in [-0.1, -0.05) is 18.2 Å². The van der Waals surface area contributed by atoms with E-state index in [-0.39, 0.29) is 5.91 Å². The molecule has 3 aromatic rings. The second-order valence-electron chi connectivity index (χ2n) is 7.06. The third-order valence-corrected chi connectivity index (χ3v) is 5.41. The normalized spacial score (nSPS) is 14.8. The van der Waals surface area contributed by atoms with Gasteiger partial charge in [0, 0.05) is 48.8 Å². The van der Waals surface area contributed by atoms with Gasteiger partial charge in [-0.2, -0.15) is 10.1 Å². The Hall–Kier alpha value is -2.96. The van der Waals surface area contributed by atoms with Gasteiger partial charge >= 0.3 is 0 Å². The Morgan fingerprint density at radius 2 is 1.81 bits per heavy atom. The van der Waals surface area contributed by atoms with Crippen LogP contribution in [0.1, 0.15) is 22.5 Å². The summed E-state index contributed by atoms with van der Waals surface area (Å²) in [5, 5.41) is 4.20. The zero-order valence-corrected chi connectivity index (χ0v) is 16.0. The highest BCUT2D eigenvalue weighted by molar-refractivity contribution is 5.79. The third kappa shape index (κ3) is 3.25. The molecule has 0 unspecified atom stereocenters. The van der Waals surface area contributed by atoms with Crippen LogP contribution in [-0.2, 0) is 11.2 Å². The van der Waals surface area contributed by atoms with E-state index in [1.54, 1.807) is 4.52 Å². The average molecular weight is 364 g/mol. The molecule has 0 atom stereocenters. The molecule has 0 aliphatic carbocycles. The number of para-hydroxylation sites is 1. The predicted molar refractivity (Wildman–Crippen MR) is 104 cm³/mol. The van der Waals surface area contributed by atoms with Gasteiger partial charge in [-0.05, 0) is 32.4 Å². The molecular formula is C20H24N6O. The molecule has 0 radical (unpaired) electrons. The fourth-order valence-electron chi connectivity index (χ4n) is 3.79. The minimum Gasteiger partial charge on any atom is -0.368 e. The van der Waals surface area contributed by atoms with Gasteiger partial charge in [0.1, 0.15) is 6.33 Å². The number of benzene rings is 1. The van der Waals surface area contributed by atoms with E-state index in [0.717, 1.165) is 43.1 Å². The lowest BCUT2D eigenvalue weighted by atomic mass is 10.1. The van der Waals surface area contributed by atoms with Crippen molar-refractivity contribution in [3.05, 3.63) is 53.1 Å². The van der Waals surface area contributed by atoms with E-state index in [1.165, 1.54) is 17.6 Å². The number of carbonyl (C=O) groups excluding carboxylic acids is 1. The molecule has 1 aliphatic heterocycles. The highest BCUT2D eigenvalue weighted by Gasteiger charge is 2.23. The molecule has 27 heavy (non-hydrogen) atoms. The van der Waals surface area contributed by atoms with Gasteiger partial charge in [0.25, 0.3) is 5.78 Å². The van der Waals surface area contributed by atoms with Crippen LogP contribution in [0.3, 0.4) is 0 Å². The Morgan fingerprint density at radius 3 is 2.56 bits per heavy atom. The summed E-state index contributed by atoms with van der Waals surface area (Å²) in [5.41, 5.74) is 5.26. The second-order valence-corrected chi connectivity index (χ2v) is 7.06. The molecule has 7 heteroatoms. The molecular weight excluding hydrogens is 340 g/mol. The van der Waals surface area contributed by atoms with Crippen molar-refractivity contribution >= 4 is 17.4 Å². The molecule has 0 N–H and O–H groups in total. The fourth-order valence-corrected chi connectivity index (χ4v) is 3.79. The largest absolute Gasteiger partial charge is 0.368 e. The summed E-state index contributed by atoms with van der Waals surface area (Å²) in [4.78, 5) is 25.8. The number of anilines is 1. The van der Waals surface area contributed by atoms with E-state index < -0.39 is 0 Å². The number of fused-ring (bicyclic) bond motifs is 1. The van der Waals surface area contributed by atoms with Crippen LogP contribution in [0.25, 0.3) is 5.78 Å². The van der Waals surface area contributed by atoms with E-state index in [1.807, 2.05) is 18.7 Å². The molecule has 1 aromatic carbocycles. The number of carbonyl (C=O) groups is 1. The van der Waals surface area contributed by atoms with Crippen molar-refractivity contribution in [1.82, 2.24) is 24.5 Å². The highest BCUT2D eigenvalue weighted by Crippen LogP contribution is 2.21. The van der Waals surface area contributed by atoms with E-state index in [2.05, 4.69) is 51.2 Å². The van der Waals surface area contributed by atoms with Crippen molar-refractivity contribution < 1.29 is 4.79 Å². The Morgan fingerprint density at radius 1 is 1.07 bits per heavy atom. The Labute approximate surface area is 158 Å². The molecule has 140 valence electrons. The molecule has 1 fully saturated rings. The first-order chi connectivity index (χ1) is 13.0. The van der Waals surface area contributed by atoms with Crippen LogP contribution in [0.4, 0.5) is 5.69 Å². The van der Waals surface area contributed by atoms with E-state index in [0.29, 0.717) is 12.2 Å². The van der Waals surface area contributed by atoms with Crippen molar-refractivity contribution in [2.45, 2.75) is 27.2 Å². The molecule has 2 aromatic heterocycles. The fraction of sp³-hybridized carbons (Fsp3) is 0.400. The van der Waals surface area contributed by atoms with Gasteiger partial charge in [0.15, 0.2) is 0 Å². The van der Waals surface area contributed by atoms with Gasteiger partial charge in [0.05, 0.1) is 6.42 Å². The molecule has 0 bridgehead atoms. The molecule has 1 amide bonds. The van der Waals surface area contributed by atoms with Gasteiger partial charge in [-0.3, -0.25) is 4.79 Å². The molecule has 0 saturated carbocycles. The predicted octanol–water partition coefficient (Wildman–Crippen LogP) is 1.94. The summed E-state index contributed by atoms with van der Waals surface area (Å²) in [5.74, 6) is 0.722. The quantitative estimate of drug-likeness (QED) is 0.711. The number of nitrogens with zero attached hydrogens (tertiary/aromatic N) is 6. The molecule has 1 aliphatic rings. The first-order valence-corrected chi connectivity index (χ1v) is 9.29. The average Bonchev–Trinajstić information content (AvgIpc) is 3.14. The SMILES string of the molecule is Cc1ccccc1N1CCN(C(=O)Cc2c(C)nc3ncnn3c2C)CC1. The first kappa shape index (κ1) is 17.5. The zero-order valence-electron chi connectivity index (χ0n) is 16.0. The Balaban J connectivity index is 1.45. The lowest BCUT2D eigenvalue weighted by Crippen LogP contribution is -2.49. The minimum atomic E-state index is 0.145. The highest BCUT2D eigenvalue weighted by atomic mass is 16.2. The van der Waals surface area contributed by atoms with Gasteiger partial charge < -0.3 is 9.80 Å². The van der Waals surface area contributed by atoms with Crippen LogP contribution in [-0.4, -0.2) is 56.6 Å². The van der Waals surface area contributed by atoms with Crippen LogP contribution in [0.2, 0.25) is 0 Å². The maximum absolute atomic E-state index is 12.9. The number of hydrogen-bond acceptors (Lipinski definition) is 5. The molecule has 7 nitrogen and oxygen atoms in total. The number of amides is 1. The Bertz CT molecular complexity index is 987. The minimum absolute atomic E-state index is 0.145. The van der Waals surface area contributed by atoms with Crippen LogP contribution in [0.15, 0.2) is 30.6 Å². The topological polar surface area (TPSA) is 66.6 Å². The molecule has 3 heterocycles. The van der Waals surface area contributed by atoms with Crippen molar-refractivity contribution in [2.75, 3.05) is 31.1 Å². The zero-order chi connectivity index (χ0) is 19.0. The van der Waals surface area contributed by atoms with Gasteiger partial charge in [-0.25, -0.2) is 9.50 Å². The summed E-state index contributed by atoms with van der Waals surface area (Å²) < 4.78 is 1.70. The van der Waals surface area contributed by atoms with Crippen LogP contribution >= 0.6 is 0 Å². The number of aryl methyl sites for hydroxylation is 3. The van der Waals surface area contributed by atoms with E-state index >= 15 is 0 Å². The van der Waals surface area contributed by atoms with E-state index in [4.69, 9.17) is 0 Å². The first-order valence-electron chi connectivity index (χ1n) is 9.29. The summed E-state index contributed by atoms with van der Waals surface area (Å²) >= 11 is 0. The van der Waals surface area contributed by atoms with Gasteiger partial charge in [-0.15, -0.1) is 0 Å². The number of hydrogen-bond donors (Lipinski definition) is 0. The molecule has 4 rings (SSSR count). The monoisotopic (exact) mass is 364 g/mol. The van der Waals surface area contributed by atoms with Crippen LogP contribution in [0.5, 0.6) is 0 Å². The maximum atomic E-state index is 12.9. The van der Waals surface area contributed by atoms with Crippen LogP contribution in [0, 0.1) is 20.8 Å². The number of aromatic nitrogens is 4.